The molecule has 2 aliphatic heterocycles. The van der Waals surface area contributed by atoms with Crippen LogP contribution >= 0.6 is 11.6 Å². The minimum Gasteiger partial charge on any atom is -0.326 e. The highest BCUT2D eigenvalue weighted by atomic mass is 35.5. The van der Waals surface area contributed by atoms with Gasteiger partial charge in [-0.2, -0.15) is 0 Å². The SMILES string of the molecule is C=CCN1C(=O)N[C@@H](c2ccc(Cl)cc2)C2=C1CN([C@H](CC(C)C)C(=O)Nc1ccc(F)cc1)C2=O. The van der Waals surface area contributed by atoms with Gasteiger partial charge in [-0.15, -0.1) is 6.58 Å². The number of benzene rings is 2. The van der Waals surface area contributed by atoms with Crippen molar-refractivity contribution in [3.63, 3.8) is 0 Å². The summed E-state index contributed by atoms with van der Waals surface area (Å²) in [4.78, 5) is 43.3. The van der Waals surface area contributed by atoms with Crippen LogP contribution in [0.5, 0.6) is 0 Å². The molecule has 0 spiro atoms. The molecule has 4 amide bonds. The number of hydrogen-bond acceptors (Lipinski definition) is 3. The van der Waals surface area contributed by atoms with Gasteiger partial charge in [-0.25, -0.2) is 9.18 Å². The Morgan fingerprint density at radius 3 is 2.47 bits per heavy atom. The molecule has 9 heteroatoms. The molecule has 4 rings (SSSR count). The van der Waals surface area contributed by atoms with E-state index in [4.69, 9.17) is 11.6 Å². The van der Waals surface area contributed by atoms with E-state index in [0.717, 1.165) is 0 Å². The zero-order valence-electron chi connectivity index (χ0n) is 20.1. The first kappa shape index (κ1) is 25.4. The number of carbonyl (C=O) groups is 3. The second kappa shape index (κ2) is 10.5. The van der Waals surface area contributed by atoms with Gasteiger partial charge in [-0.05, 0) is 54.3 Å². The lowest BCUT2D eigenvalue weighted by Gasteiger charge is -2.33. The summed E-state index contributed by atoms with van der Waals surface area (Å²) in [6.45, 7) is 8.00. The summed E-state index contributed by atoms with van der Waals surface area (Å²) in [6, 6.07) is 10.6. The molecule has 0 aromatic heterocycles. The second-order valence-corrected chi connectivity index (χ2v) is 9.70. The number of urea groups is 1. The van der Waals surface area contributed by atoms with Crippen LogP contribution in [0, 0.1) is 11.7 Å². The molecular formula is C27H28ClFN4O3. The van der Waals surface area contributed by atoms with Crippen molar-refractivity contribution in [1.29, 1.82) is 0 Å². The number of amides is 4. The summed E-state index contributed by atoms with van der Waals surface area (Å²) < 4.78 is 13.3. The van der Waals surface area contributed by atoms with Crippen LogP contribution in [0.2, 0.25) is 5.02 Å². The number of rotatable bonds is 8. The van der Waals surface area contributed by atoms with E-state index in [0.29, 0.717) is 34.0 Å². The number of nitrogens with zero attached hydrogens (tertiary/aromatic N) is 2. The largest absolute Gasteiger partial charge is 0.326 e. The first-order chi connectivity index (χ1) is 17.2. The molecule has 36 heavy (non-hydrogen) atoms. The summed E-state index contributed by atoms with van der Waals surface area (Å²) >= 11 is 6.05. The Bertz CT molecular complexity index is 1210. The fourth-order valence-electron chi connectivity index (χ4n) is 4.57. The average Bonchev–Trinajstić information content (AvgIpc) is 3.18. The average molecular weight is 511 g/mol. The predicted octanol–water partition coefficient (Wildman–Crippen LogP) is 4.88. The molecule has 2 N–H and O–H groups in total. The zero-order chi connectivity index (χ0) is 26.0. The van der Waals surface area contributed by atoms with E-state index in [1.807, 2.05) is 13.8 Å². The first-order valence-electron chi connectivity index (χ1n) is 11.7. The van der Waals surface area contributed by atoms with Crippen molar-refractivity contribution in [2.45, 2.75) is 32.4 Å². The van der Waals surface area contributed by atoms with Gasteiger partial charge in [0, 0.05) is 17.3 Å². The molecule has 2 heterocycles. The third kappa shape index (κ3) is 5.14. The fourth-order valence-corrected chi connectivity index (χ4v) is 4.70. The maximum Gasteiger partial charge on any atom is 0.322 e. The highest BCUT2D eigenvalue weighted by Gasteiger charge is 2.47. The molecule has 0 saturated heterocycles. The van der Waals surface area contributed by atoms with E-state index in [1.165, 1.54) is 34.1 Å². The van der Waals surface area contributed by atoms with Gasteiger partial charge in [-0.1, -0.05) is 43.7 Å². The quantitative estimate of drug-likeness (QED) is 0.496. The van der Waals surface area contributed by atoms with Crippen molar-refractivity contribution < 1.29 is 18.8 Å². The van der Waals surface area contributed by atoms with Gasteiger partial charge in [0.2, 0.25) is 5.91 Å². The van der Waals surface area contributed by atoms with Gasteiger partial charge in [0.05, 0.1) is 23.9 Å². The molecule has 0 bridgehead atoms. The molecule has 2 aliphatic rings. The highest BCUT2D eigenvalue weighted by molar-refractivity contribution is 6.30. The lowest BCUT2D eigenvalue weighted by atomic mass is 9.95. The van der Waals surface area contributed by atoms with Crippen molar-refractivity contribution >= 4 is 35.1 Å². The number of hydrogen-bond donors (Lipinski definition) is 2. The lowest BCUT2D eigenvalue weighted by molar-refractivity contribution is -0.134. The van der Waals surface area contributed by atoms with E-state index in [9.17, 15) is 18.8 Å². The standard InChI is InChI=1S/C27H28ClFN4O3/c1-4-13-32-22-15-33(21(14-16(2)3)25(34)30-20-11-9-19(29)10-12-20)26(35)23(22)24(31-27(32)36)17-5-7-18(28)8-6-17/h4-12,16,21,24H,1,13-15H2,2-3H3,(H,30,34)(H,31,36)/t21-,24+/m1/s1. The van der Waals surface area contributed by atoms with Crippen LogP contribution < -0.4 is 10.6 Å². The normalized spacial score (nSPS) is 18.3. The van der Waals surface area contributed by atoms with Crippen LogP contribution in [0.1, 0.15) is 31.9 Å². The van der Waals surface area contributed by atoms with Crippen molar-refractivity contribution in [3.05, 3.63) is 88.9 Å². The number of nitrogens with one attached hydrogen (secondary N) is 2. The van der Waals surface area contributed by atoms with Crippen molar-refractivity contribution in [3.8, 4) is 0 Å². The lowest BCUT2D eigenvalue weighted by Crippen LogP contribution is -2.47. The minimum absolute atomic E-state index is 0.105. The van der Waals surface area contributed by atoms with Crippen LogP contribution in [0.25, 0.3) is 0 Å². The van der Waals surface area contributed by atoms with Gasteiger partial charge < -0.3 is 15.5 Å². The monoisotopic (exact) mass is 510 g/mol. The predicted molar refractivity (Wildman–Crippen MR) is 137 cm³/mol. The van der Waals surface area contributed by atoms with Crippen molar-refractivity contribution in [1.82, 2.24) is 15.1 Å². The van der Waals surface area contributed by atoms with E-state index < -0.39 is 17.9 Å². The number of anilines is 1. The van der Waals surface area contributed by atoms with Gasteiger partial charge >= 0.3 is 6.03 Å². The highest BCUT2D eigenvalue weighted by Crippen LogP contribution is 2.38. The second-order valence-electron chi connectivity index (χ2n) is 9.27. The Balaban J connectivity index is 1.69. The molecule has 188 valence electrons. The Morgan fingerprint density at radius 2 is 1.86 bits per heavy atom. The van der Waals surface area contributed by atoms with Crippen LogP contribution in [0.15, 0.2) is 72.5 Å². The summed E-state index contributed by atoms with van der Waals surface area (Å²) in [6.07, 6.45) is 2.00. The van der Waals surface area contributed by atoms with Gasteiger partial charge in [-0.3, -0.25) is 14.5 Å². The molecule has 0 radical (unpaired) electrons. The van der Waals surface area contributed by atoms with Crippen molar-refractivity contribution in [2.75, 3.05) is 18.4 Å². The Labute approximate surface area is 214 Å². The fraction of sp³-hybridized carbons (Fsp3) is 0.296. The van der Waals surface area contributed by atoms with Gasteiger partial charge in [0.25, 0.3) is 5.91 Å². The van der Waals surface area contributed by atoms with Crippen LogP contribution in [0.3, 0.4) is 0 Å². The number of carbonyl (C=O) groups excluding carboxylic acids is 3. The molecular weight excluding hydrogens is 483 g/mol. The van der Waals surface area contributed by atoms with Crippen LogP contribution in [0.4, 0.5) is 14.9 Å². The molecule has 0 fully saturated rings. The molecule has 2 atom stereocenters. The van der Waals surface area contributed by atoms with E-state index in [2.05, 4.69) is 17.2 Å². The maximum atomic E-state index is 13.9. The topological polar surface area (TPSA) is 81.8 Å². The smallest absolute Gasteiger partial charge is 0.322 e. The summed E-state index contributed by atoms with van der Waals surface area (Å²) in [5.41, 5.74) is 2.11. The summed E-state index contributed by atoms with van der Waals surface area (Å²) in [7, 11) is 0. The van der Waals surface area contributed by atoms with E-state index in [1.54, 1.807) is 30.3 Å². The summed E-state index contributed by atoms with van der Waals surface area (Å²) in [5.74, 6) is -0.999. The molecule has 0 unspecified atom stereocenters. The molecule has 2 aromatic carbocycles. The molecule has 2 aromatic rings. The summed E-state index contributed by atoms with van der Waals surface area (Å²) in [5, 5.41) is 6.26. The van der Waals surface area contributed by atoms with Crippen LogP contribution in [-0.4, -0.2) is 46.8 Å². The molecule has 7 nitrogen and oxygen atoms in total. The minimum atomic E-state index is -0.792. The molecule has 0 aliphatic carbocycles. The maximum absolute atomic E-state index is 13.9. The Morgan fingerprint density at radius 1 is 1.19 bits per heavy atom. The number of halogens is 2. The van der Waals surface area contributed by atoms with Crippen LogP contribution in [-0.2, 0) is 9.59 Å². The zero-order valence-corrected chi connectivity index (χ0v) is 20.9. The Hall–Kier alpha value is -3.65. The van der Waals surface area contributed by atoms with E-state index in [-0.39, 0.29) is 36.9 Å². The van der Waals surface area contributed by atoms with Gasteiger partial charge in [0.15, 0.2) is 0 Å². The third-order valence-electron chi connectivity index (χ3n) is 6.25. The third-order valence-corrected chi connectivity index (χ3v) is 6.50. The first-order valence-corrected chi connectivity index (χ1v) is 12.1. The van der Waals surface area contributed by atoms with E-state index >= 15 is 0 Å². The molecule has 0 saturated carbocycles. The Kier molecular flexibility index (Phi) is 7.45. The van der Waals surface area contributed by atoms with Crippen molar-refractivity contribution in [2.24, 2.45) is 5.92 Å². The van der Waals surface area contributed by atoms with Gasteiger partial charge in [0.1, 0.15) is 11.9 Å².